The Labute approximate surface area is 192 Å². The first kappa shape index (κ1) is 24.3. The van der Waals surface area contributed by atoms with E-state index in [9.17, 15) is 18.0 Å². The maximum absolute atomic E-state index is 12.8. The third kappa shape index (κ3) is 6.84. The number of benzene rings is 1. The third-order valence-electron chi connectivity index (χ3n) is 4.90. The van der Waals surface area contributed by atoms with Crippen LogP contribution in [0, 0.1) is 5.92 Å². The molecule has 0 aliphatic carbocycles. The average Bonchev–Trinajstić information content (AvgIpc) is 3.30. The molecule has 174 valence electrons. The molecule has 0 saturated carbocycles. The summed E-state index contributed by atoms with van der Waals surface area (Å²) in [4.78, 5) is 27.0. The molecule has 1 aromatic carbocycles. The molecule has 1 aromatic heterocycles. The lowest BCUT2D eigenvalue weighted by Crippen LogP contribution is -2.46. The van der Waals surface area contributed by atoms with Crippen molar-refractivity contribution in [2.24, 2.45) is 5.92 Å². The molecule has 32 heavy (non-hydrogen) atoms. The Morgan fingerprint density at radius 2 is 1.69 bits per heavy atom. The highest BCUT2D eigenvalue weighted by Gasteiger charge is 2.29. The summed E-state index contributed by atoms with van der Waals surface area (Å²) in [6.45, 7) is 6.55. The fourth-order valence-electron chi connectivity index (χ4n) is 3.15. The molecule has 0 spiro atoms. The Kier molecular flexibility index (Phi) is 8.38. The van der Waals surface area contributed by atoms with E-state index in [2.05, 4.69) is 15.4 Å². The van der Waals surface area contributed by atoms with Gasteiger partial charge in [-0.15, -0.1) is 11.3 Å². The summed E-state index contributed by atoms with van der Waals surface area (Å²) in [6, 6.07) is 8.90. The van der Waals surface area contributed by atoms with E-state index in [-0.39, 0.29) is 16.0 Å². The second-order valence-corrected chi connectivity index (χ2v) is 10.7. The van der Waals surface area contributed by atoms with Gasteiger partial charge in [-0.1, -0.05) is 19.9 Å². The Bertz CT molecular complexity index is 1000. The van der Waals surface area contributed by atoms with Crippen LogP contribution in [0.1, 0.15) is 13.8 Å². The molecule has 1 aliphatic rings. The average molecular weight is 481 g/mol. The molecule has 3 N–H and O–H groups in total. The second kappa shape index (κ2) is 11.0. The first-order valence-corrected chi connectivity index (χ1v) is 12.7. The number of carbonyl (C=O) groups excluding carboxylic acids is 2. The number of anilines is 2. The molecule has 1 aliphatic heterocycles. The normalized spacial score (nSPS) is 16.0. The van der Waals surface area contributed by atoms with Crippen molar-refractivity contribution in [2.75, 3.05) is 43.5 Å². The van der Waals surface area contributed by atoms with E-state index in [1.165, 1.54) is 6.07 Å². The summed E-state index contributed by atoms with van der Waals surface area (Å²) in [5.74, 6) is -0.834. The van der Waals surface area contributed by atoms with E-state index < -0.39 is 22.0 Å². The molecule has 1 unspecified atom stereocenters. The smallest absolute Gasteiger partial charge is 0.250 e. The molecular weight excluding hydrogens is 452 g/mol. The van der Waals surface area contributed by atoms with Crippen molar-refractivity contribution in [1.29, 1.82) is 0 Å². The van der Waals surface area contributed by atoms with Crippen molar-refractivity contribution in [2.45, 2.75) is 24.1 Å². The number of nitrogens with one attached hydrogen (secondary N) is 3. The van der Waals surface area contributed by atoms with Crippen LogP contribution in [0.15, 0.2) is 46.0 Å². The summed E-state index contributed by atoms with van der Waals surface area (Å²) in [7, 11) is -3.78. The minimum atomic E-state index is -3.78. The molecule has 0 bridgehead atoms. The topological polar surface area (TPSA) is 117 Å². The number of thiophene rings is 1. The van der Waals surface area contributed by atoms with Crippen LogP contribution in [-0.2, 0) is 24.3 Å². The van der Waals surface area contributed by atoms with Crippen LogP contribution in [0.5, 0.6) is 0 Å². The first-order chi connectivity index (χ1) is 15.2. The standard InChI is InChI=1S/C21H28N4O5S2/c1-15(2)20(24-32(28,29)19-4-3-13-31-19)21(27)23-17-7-5-16(6-8-17)22-18(26)14-25-9-11-30-12-10-25/h3-8,13,15,20,24H,9-12,14H2,1-2H3,(H,22,26)(H,23,27). The first-order valence-electron chi connectivity index (χ1n) is 10.3. The number of sulfonamides is 1. The van der Waals surface area contributed by atoms with E-state index in [0.29, 0.717) is 31.1 Å². The molecular formula is C21H28N4O5S2. The van der Waals surface area contributed by atoms with E-state index >= 15 is 0 Å². The number of hydrogen-bond donors (Lipinski definition) is 3. The van der Waals surface area contributed by atoms with Gasteiger partial charge in [0.15, 0.2) is 0 Å². The van der Waals surface area contributed by atoms with E-state index in [4.69, 9.17) is 4.74 Å². The van der Waals surface area contributed by atoms with Crippen molar-refractivity contribution < 1.29 is 22.7 Å². The molecule has 0 radical (unpaired) electrons. The Hall–Kier alpha value is -2.31. The summed E-state index contributed by atoms with van der Waals surface area (Å²) >= 11 is 1.09. The highest BCUT2D eigenvalue weighted by molar-refractivity contribution is 7.91. The summed E-state index contributed by atoms with van der Waals surface area (Å²) in [5.41, 5.74) is 1.11. The van der Waals surface area contributed by atoms with Crippen LogP contribution in [0.2, 0.25) is 0 Å². The zero-order valence-corrected chi connectivity index (χ0v) is 19.7. The van der Waals surface area contributed by atoms with Gasteiger partial charge in [-0.3, -0.25) is 14.5 Å². The summed E-state index contributed by atoms with van der Waals surface area (Å²) < 4.78 is 33.0. The van der Waals surface area contributed by atoms with Gasteiger partial charge in [0.05, 0.1) is 19.8 Å². The number of morpholine rings is 1. The number of rotatable bonds is 9. The van der Waals surface area contributed by atoms with E-state index in [0.717, 1.165) is 24.4 Å². The van der Waals surface area contributed by atoms with Gasteiger partial charge in [-0.05, 0) is 41.6 Å². The molecule has 2 aromatic rings. The van der Waals surface area contributed by atoms with Gasteiger partial charge >= 0.3 is 0 Å². The van der Waals surface area contributed by atoms with E-state index in [1.54, 1.807) is 49.6 Å². The quantitative estimate of drug-likeness (QED) is 0.505. The highest BCUT2D eigenvalue weighted by atomic mass is 32.2. The molecule has 2 amide bonds. The van der Waals surface area contributed by atoms with Crippen molar-refractivity contribution in [3.63, 3.8) is 0 Å². The zero-order chi connectivity index (χ0) is 23.1. The molecule has 3 rings (SSSR count). The predicted octanol–water partition coefficient (Wildman–Crippen LogP) is 1.96. The van der Waals surface area contributed by atoms with Crippen molar-refractivity contribution >= 4 is 44.5 Å². The Balaban J connectivity index is 1.57. The maximum Gasteiger partial charge on any atom is 0.250 e. The molecule has 9 nitrogen and oxygen atoms in total. The lowest BCUT2D eigenvalue weighted by Gasteiger charge is -2.25. The van der Waals surface area contributed by atoms with Crippen LogP contribution in [0.25, 0.3) is 0 Å². The van der Waals surface area contributed by atoms with Crippen molar-refractivity contribution in [3.05, 3.63) is 41.8 Å². The van der Waals surface area contributed by atoms with Gasteiger partial charge in [0, 0.05) is 24.5 Å². The minimum absolute atomic E-state index is 0.119. The lowest BCUT2D eigenvalue weighted by atomic mass is 10.0. The molecule has 1 saturated heterocycles. The van der Waals surface area contributed by atoms with Gasteiger partial charge < -0.3 is 15.4 Å². The summed E-state index contributed by atoms with van der Waals surface area (Å²) in [6.07, 6.45) is 0. The molecule has 11 heteroatoms. The maximum atomic E-state index is 12.8. The van der Waals surface area contributed by atoms with E-state index in [1.807, 2.05) is 4.90 Å². The van der Waals surface area contributed by atoms with Crippen LogP contribution >= 0.6 is 11.3 Å². The van der Waals surface area contributed by atoms with Crippen LogP contribution < -0.4 is 15.4 Å². The minimum Gasteiger partial charge on any atom is -0.379 e. The molecule has 1 atom stereocenters. The Morgan fingerprint density at radius 3 is 2.25 bits per heavy atom. The second-order valence-electron chi connectivity index (χ2n) is 7.78. The number of amides is 2. The van der Waals surface area contributed by atoms with Gasteiger partial charge in [-0.2, -0.15) is 4.72 Å². The van der Waals surface area contributed by atoms with Gasteiger partial charge in [0.25, 0.3) is 10.0 Å². The highest BCUT2D eigenvalue weighted by Crippen LogP contribution is 2.19. The zero-order valence-electron chi connectivity index (χ0n) is 18.0. The fourth-order valence-corrected chi connectivity index (χ4v) is 5.51. The SMILES string of the molecule is CC(C)C(NS(=O)(=O)c1cccs1)C(=O)Nc1ccc(NC(=O)CN2CCOCC2)cc1. The van der Waals surface area contributed by atoms with Gasteiger partial charge in [0.1, 0.15) is 10.3 Å². The largest absolute Gasteiger partial charge is 0.379 e. The number of ether oxygens (including phenoxy) is 1. The molecule has 2 heterocycles. The monoisotopic (exact) mass is 480 g/mol. The van der Waals surface area contributed by atoms with Crippen molar-refractivity contribution in [3.8, 4) is 0 Å². The van der Waals surface area contributed by atoms with Crippen molar-refractivity contribution in [1.82, 2.24) is 9.62 Å². The van der Waals surface area contributed by atoms with Crippen LogP contribution in [0.3, 0.4) is 0 Å². The molecule has 1 fully saturated rings. The van der Waals surface area contributed by atoms with Crippen LogP contribution in [0.4, 0.5) is 11.4 Å². The van der Waals surface area contributed by atoms with Gasteiger partial charge in [0.2, 0.25) is 11.8 Å². The predicted molar refractivity (Wildman–Crippen MR) is 124 cm³/mol. The Morgan fingerprint density at radius 1 is 1.06 bits per heavy atom. The number of carbonyl (C=O) groups is 2. The number of nitrogens with zero attached hydrogens (tertiary/aromatic N) is 1. The summed E-state index contributed by atoms with van der Waals surface area (Å²) in [5, 5.41) is 7.24. The van der Waals surface area contributed by atoms with Gasteiger partial charge in [-0.25, -0.2) is 8.42 Å². The fraction of sp³-hybridized carbons (Fsp3) is 0.429. The lowest BCUT2D eigenvalue weighted by molar-refractivity contribution is -0.119. The third-order valence-corrected chi connectivity index (χ3v) is 7.74. The van der Waals surface area contributed by atoms with Crippen LogP contribution in [-0.4, -0.2) is 64.0 Å². The number of hydrogen-bond acceptors (Lipinski definition) is 7.